The number of amides is 2. The van der Waals surface area contributed by atoms with Crippen molar-refractivity contribution in [2.24, 2.45) is 0 Å². The second-order valence-electron chi connectivity index (χ2n) is 17.6. The molecule has 292 valence electrons. The Morgan fingerprint density at radius 1 is 0.944 bits per heavy atom. The molecule has 2 aromatic heterocycles. The molecule has 54 heavy (non-hydrogen) atoms. The minimum atomic E-state index is -2.38. The van der Waals surface area contributed by atoms with Gasteiger partial charge in [0.05, 0.1) is 37.1 Å². The molecule has 0 radical (unpaired) electrons. The molecular weight excluding hydrogens is 709 g/mol. The van der Waals surface area contributed by atoms with Crippen molar-refractivity contribution >= 4 is 54.0 Å². The van der Waals surface area contributed by atoms with E-state index >= 15 is 0 Å². The van der Waals surface area contributed by atoms with Crippen LogP contribution >= 0.6 is 0 Å². The fourth-order valence-electron chi connectivity index (χ4n) is 6.81. The van der Waals surface area contributed by atoms with Crippen molar-refractivity contribution in [3.63, 3.8) is 0 Å². The van der Waals surface area contributed by atoms with Crippen LogP contribution in [-0.2, 0) is 47.3 Å². The number of carbonyl (C=O) groups excluding carboxylic acids is 4. The number of nitrogens with zero attached hydrogens (tertiary/aromatic N) is 2. The Kier molecular flexibility index (Phi) is 10.6. The van der Waals surface area contributed by atoms with Gasteiger partial charge in [0.25, 0.3) is 5.56 Å². The van der Waals surface area contributed by atoms with Crippen LogP contribution in [0.5, 0.6) is 0 Å². The number of rotatable bonds is 8. The second-order valence-corrected chi connectivity index (χ2v) is 22.9. The number of alkyl carbamates (subject to hydrolysis) is 1. The first-order chi connectivity index (χ1) is 24.9. The van der Waals surface area contributed by atoms with Gasteiger partial charge in [-0.2, -0.15) is 0 Å². The molecular formula is C40H54N4O9Si. The van der Waals surface area contributed by atoms with E-state index in [4.69, 9.17) is 23.9 Å². The number of cyclic esters (lactones) is 1. The zero-order chi connectivity index (χ0) is 40.2. The summed E-state index contributed by atoms with van der Waals surface area (Å²) in [6.45, 7) is 23.8. The minimum absolute atomic E-state index is 0.0320. The van der Waals surface area contributed by atoms with Crippen molar-refractivity contribution in [2.45, 2.75) is 137 Å². The van der Waals surface area contributed by atoms with Crippen LogP contribution in [0.4, 0.5) is 15.3 Å². The lowest BCUT2D eigenvalue weighted by atomic mass is 9.85. The molecule has 0 unspecified atom stereocenters. The number of pyridine rings is 2. The first-order valence-electron chi connectivity index (χ1n) is 18.5. The van der Waals surface area contributed by atoms with E-state index in [9.17, 15) is 24.0 Å². The molecule has 0 bridgehead atoms. The third kappa shape index (κ3) is 7.89. The van der Waals surface area contributed by atoms with Gasteiger partial charge < -0.3 is 28.8 Å². The van der Waals surface area contributed by atoms with Crippen molar-refractivity contribution in [1.29, 1.82) is 0 Å². The number of aromatic nitrogens is 2. The van der Waals surface area contributed by atoms with Gasteiger partial charge in [-0.25, -0.2) is 19.4 Å². The van der Waals surface area contributed by atoms with Crippen molar-refractivity contribution in [3.8, 4) is 11.4 Å². The Morgan fingerprint density at radius 3 is 2.20 bits per heavy atom. The second kappa shape index (κ2) is 14.2. The van der Waals surface area contributed by atoms with Gasteiger partial charge in [0.2, 0.25) is 5.60 Å². The number of benzene rings is 1. The van der Waals surface area contributed by atoms with E-state index < -0.39 is 49.0 Å². The van der Waals surface area contributed by atoms with Gasteiger partial charge in [-0.05, 0) is 94.4 Å². The van der Waals surface area contributed by atoms with E-state index in [2.05, 4.69) is 44.5 Å². The summed E-state index contributed by atoms with van der Waals surface area (Å²) in [5.74, 6) is -1.42. The topological polar surface area (TPSA) is 164 Å². The molecule has 1 aromatic carbocycles. The zero-order valence-electron chi connectivity index (χ0n) is 33.6. The maximum absolute atomic E-state index is 14.4. The van der Waals surface area contributed by atoms with Crippen LogP contribution in [-0.4, -0.2) is 59.5 Å². The molecule has 2 amide bonds. The molecule has 0 saturated heterocycles. The smallest absolute Gasteiger partial charge is 0.412 e. The summed E-state index contributed by atoms with van der Waals surface area (Å²) in [4.78, 5) is 71.1. The number of anilines is 1. The van der Waals surface area contributed by atoms with Gasteiger partial charge >= 0.3 is 24.1 Å². The number of esters is 2. The highest BCUT2D eigenvalue weighted by molar-refractivity contribution is 6.94. The quantitative estimate of drug-likeness (QED) is 0.0827. The fraction of sp³-hybridized carbons (Fsp3) is 0.550. The van der Waals surface area contributed by atoms with Gasteiger partial charge in [0.15, 0.2) is 0 Å². The molecule has 3 aromatic rings. The number of fused-ring (bicyclic) bond motifs is 5. The van der Waals surface area contributed by atoms with Gasteiger partial charge in [-0.3, -0.25) is 14.9 Å². The van der Waals surface area contributed by atoms with Crippen LogP contribution in [0, 0.1) is 0 Å². The lowest BCUT2D eigenvalue weighted by Crippen LogP contribution is -2.51. The standard InChI is InChI=1S/C40H54N4O9Si/c1-13-40(51-30(45)15-14-18-41-35(48)52-37(2,3)4)27-20-29-31-25(21-44(29)33(46)26(27)22-50-34(40)47)32(54(11,12)39(8,9)10)24-19-23(16-17-28(24)43-31)42-36(49)53-38(5,6)7/h16-17,19-20H,13-15,18,21-22H2,1-12H3,(H,41,48)(H,42,49)/t40-/m0/s1. The van der Waals surface area contributed by atoms with Gasteiger partial charge in [0.1, 0.15) is 17.8 Å². The highest BCUT2D eigenvalue weighted by Crippen LogP contribution is 2.44. The third-order valence-electron chi connectivity index (χ3n) is 10.3. The number of carbonyl (C=O) groups is 4. The first kappa shape index (κ1) is 40.5. The molecule has 13 nitrogen and oxygen atoms in total. The molecule has 5 rings (SSSR count). The predicted octanol–water partition coefficient (Wildman–Crippen LogP) is 7.00. The highest BCUT2D eigenvalue weighted by Gasteiger charge is 2.51. The molecule has 1 atom stereocenters. The van der Waals surface area contributed by atoms with E-state index in [1.165, 1.54) is 0 Å². The maximum atomic E-state index is 14.4. The Balaban J connectivity index is 1.57. The summed E-state index contributed by atoms with van der Waals surface area (Å²) in [7, 11) is -2.38. The van der Waals surface area contributed by atoms with Crippen LogP contribution in [0.2, 0.25) is 18.1 Å². The summed E-state index contributed by atoms with van der Waals surface area (Å²) < 4.78 is 23.9. The Bertz CT molecular complexity index is 2090. The summed E-state index contributed by atoms with van der Waals surface area (Å²) in [5, 5.41) is 7.36. The molecule has 0 aliphatic carbocycles. The van der Waals surface area contributed by atoms with E-state index in [1.54, 1.807) is 65.2 Å². The van der Waals surface area contributed by atoms with Gasteiger partial charge in [-0.1, -0.05) is 40.8 Å². The van der Waals surface area contributed by atoms with Crippen molar-refractivity contribution in [2.75, 3.05) is 11.9 Å². The van der Waals surface area contributed by atoms with Crippen LogP contribution in [0.25, 0.3) is 22.3 Å². The molecule has 2 aliphatic heterocycles. The molecule has 14 heteroatoms. The maximum Gasteiger partial charge on any atom is 0.412 e. The minimum Gasteiger partial charge on any atom is -0.457 e. The van der Waals surface area contributed by atoms with Gasteiger partial charge in [-0.15, -0.1) is 0 Å². The van der Waals surface area contributed by atoms with Gasteiger partial charge in [0, 0.05) is 29.6 Å². The SMILES string of the molecule is CC[C@@]1(OC(=O)CCCNC(=O)OC(C)(C)C)C(=O)OCc2c1cc1n(c2=O)Cc2c-1nc1ccc(NC(=O)OC(C)(C)C)cc1c2[Si](C)(C)C(C)(C)C. The summed E-state index contributed by atoms with van der Waals surface area (Å²) in [6, 6.07) is 7.31. The Morgan fingerprint density at radius 2 is 1.59 bits per heavy atom. The molecule has 2 N–H and O–H groups in total. The van der Waals surface area contributed by atoms with E-state index in [0.29, 0.717) is 28.2 Å². The number of nitrogens with one attached hydrogen (secondary N) is 2. The molecule has 0 spiro atoms. The van der Waals surface area contributed by atoms with Crippen LogP contribution in [0.3, 0.4) is 0 Å². The molecule has 4 heterocycles. The van der Waals surface area contributed by atoms with Crippen LogP contribution in [0.15, 0.2) is 29.1 Å². The molecule has 2 aliphatic rings. The normalized spacial score (nSPS) is 16.9. The largest absolute Gasteiger partial charge is 0.457 e. The number of ether oxygens (including phenoxy) is 4. The summed E-state index contributed by atoms with van der Waals surface area (Å²) in [6.07, 6.45) is -0.992. The Labute approximate surface area is 317 Å². The lowest BCUT2D eigenvalue weighted by Gasteiger charge is -2.39. The average molecular weight is 763 g/mol. The number of hydrogen-bond acceptors (Lipinski definition) is 10. The van der Waals surface area contributed by atoms with Crippen LogP contribution < -0.4 is 21.4 Å². The summed E-state index contributed by atoms with van der Waals surface area (Å²) >= 11 is 0. The van der Waals surface area contributed by atoms with Crippen LogP contribution in [0.1, 0.15) is 105 Å². The summed E-state index contributed by atoms with van der Waals surface area (Å²) in [5.41, 5.74) is 0.321. The lowest BCUT2D eigenvalue weighted by molar-refractivity contribution is -0.189. The molecule has 0 saturated carbocycles. The average Bonchev–Trinajstić information content (AvgIpc) is 3.39. The highest BCUT2D eigenvalue weighted by atomic mass is 28.3. The van der Waals surface area contributed by atoms with Crippen molar-refractivity contribution in [1.82, 2.24) is 14.9 Å². The number of hydrogen-bond donors (Lipinski definition) is 2. The fourth-order valence-corrected chi connectivity index (χ4v) is 9.38. The zero-order valence-corrected chi connectivity index (χ0v) is 34.6. The van der Waals surface area contributed by atoms with E-state index in [-0.39, 0.29) is 55.1 Å². The predicted molar refractivity (Wildman–Crippen MR) is 209 cm³/mol. The van der Waals surface area contributed by atoms with E-state index in [0.717, 1.165) is 16.1 Å². The van der Waals surface area contributed by atoms with Crippen molar-refractivity contribution in [3.05, 3.63) is 51.3 Å². The monoisotopic (exact) mass is 762 g/mol. The van der Waals surface area contributed by atoms with E-state index in [1.807, 2.05) is 12.1 Å². The molecule has 0 fully saturated rings. The Hall–Kier alpha value is -4.72. The first-order valence-corrected chi connectivity index (χ1v) is 21.5. The van der Waals surface area contributed by atoms with Crippen molar-refractivity contribution < 1.29 is 38.1 Å². The third-order valence-corrected chi connectivity index (χ3v) is 15.9.